The fourth-order valence-corrected chi connectivity index (χ4v) is 3.84. The van der Waals surface area contributed by atoms with E-state index in [2.05, 4.69) is 26.3 Å². The minimum Gasteiger partial charge on any atom is -0.390 e. The topological polar surface area (TPSA) is 84.2 Å². The summed E-state index contributed by atoms with van der Waals surface area (Å²) in [6.07, 6.45) is 1.79. The third kappa shape index (κ3) is 3.69. The number of halogens is 1. The monoisotopic (exact) mass is 421 g/mol. The highest BCUT2D eigenvalue weighted by Crippen LogP contribution is 2.34. The molecule has 0 aliphatic heterocycles. The molecular weight excluding hydrogens is 398 g/mol. The van der Waals surface area contributed by atoms with E-state index in [9.17, 15) is 14.7 Å². The first-order valence-corrected chi connectivity index (χ1v) is 9.74. The average molecular weight is 422 g/mol. The lowest BCUT2D eigenvalue weighted by Crippen LogP contribution is -2.55. The Morgan fingerprint density at radius 3 is 2.73 bits per heavy atom. The number of benzene rings is 1. The molecule has 1 heterocycles. The molecule has 2 aromatic rings. The molecule has 2 N–H and O–H groups in total. The molecule has 26 heavy (non-hydrogen) atoms. The zero-order valence-corrected chi connectivity index (χ0v) is 16.8. The minimum absolute atomic E-state index is 0.0378. The average Bonchev–Trinajstić information content (AvgIpc) is 2.55. The van der Waals surface area contributed by atoms with Crippen molar-refractivity contribution in [2.24, 2.45) is 0 Å². The summed E-state index contributed by atoms with van der Waals surface area (Å²) in [6.45, 7) is 5.84. The Kier molecular flexibility index (Phi) is 5.21. The number of hydrogen-bond acceptors (Lipinski definition) is 4. The molecule has 0 radical (unpaired) electrons. The SMILES string of the molecule is CC[C@]1(O)C[C@@H](NC(=O)Cn2nc(C(C)C)c3cc(Br)ccc3c2=O)C1. The first kappa shape index (κ1) is 19.0. The van der Waals surface area contributed by atoms with Crippen molar-refractivity contribution in [2.75, 3.05) is 0 Å². The quantitative estimate of drug-likeness (QED) is 0.776. The van der Waals surface area contributed by atoms with Crippen LogP contribution in [0.1, 0.15) is 51.6 Å². The van der Waals surface area contributed by atoms with Gasteiger partial charge in [0.05, 0.1) is 16.7 Å². The van der Waals surface area contributed by atoms with Gasteiger partial charge in [0.25, 0.3) is 5.56 Å². The third-order valence-electron chi connectivity index (χ3n) is 5.07. The second-order valence-corrected chi connectivity index (χ2v) is 8.36. The second-order valence-electron chi connectivity index (χ2n) is 7.44. The van der Waals surface area contributed by atoms with Gasteiger partial charge >= 0.3 is 0 Å². The highest BCUT2D eigenvalue weighted by Gasteiger charge is 2.41. The molecule has 1 aromatic carbocycles. The van der Waals surface area contributed by atoms with E-state index >= 15 is 0 Å². The Bertz CT molecular complexity index is 901. The van der Waals surface area contributed by atoms with Crippen LogP contribution in [-0.2, 0) is 11.3 Å². The van der Waals surface area contributed by atoms with Crippen LogP contribution in [0.5, 0.6) is 0 Å². The van der Waals surface area contributed by atoms with Gasteiger partial charge in [0.2, 0.25) is 5.91 Å². The molecule has 6 nitrogen and oxygen atoms in total. The lowest BCUT2D eigenvalue weighted by atomic mass is 9.74. The van der Waals surface area contributed by atoms with Gasteiger partial charge in [0.15, 0.2) is 0 Å². The number of aromatic nitrogens is 2. The molecule has 1 aromatic heterocycles. The lowest BCUT2D eigenvalue weighted by molar-refractivity contribution is -0.126. The van der Waals surface area contributed by atoms with Gasteiger partial charge in [-0.1, -0.05) is 36.7 Å². The van der Waals surface area contributed by atoms with Gasteiger partial charge in [-0.3, -0.25) is 9.59 Å². The molecule has 0 atom stereocenters. The number of carbonyl (C=O) groups excluding carboxylic acids is 1. The number of fused-ring (bicyclic) bond motifs is 1. The van der Waals surface area contributed by atoms with Crippen LogP contribution in [0.4, 0.5) is 0 Å². The van der Waals surface area contributed by atoms with Crippen molar-refractivity contribution < 1.29 is 9.90 Å². The summed E-state index contributed by atoms with van der Waals surface area (Å²) in [5.41, 5.74) is -0.141. The second kappa shape index (κ2) is 7.12. The zero-order valence-electron chi connectivity index (χ0n) is 15.3. The van der Waals surface area contributed by atoms with Crippen LogP contribution in [0.3, 0.4) is 0 Å². The highest BCUT2D eigenvalue weighted by molar-refractivity contribution is 9.10. The molecule has 140 valence electrons. The van der Waals surface area contributed by atoms with Crippen molar-refractivity contribution in [3.8, 4) is 0 Å². The molecule has 3 rings (SSSR count). The zero-order chi connectivity index (χ0) is 19.1. The number of amides is 1. The van der Waals surface area contributed by atoms with Gasteiger partial charge in [0.1, 0.15) is 6.54 Å². The van der Waals surface area contributed by atoms with E-state index in [4.69, 9.17) is 0 Å². The fourth-order valence-electron chi connectivity index (χ4n) is 3.47. The van der Waals surface area contributed by atoms with E-state index in [0.717, 1.165) is 15.6 Å². The van der Waals surface area contributed by atoms with Crippen molar-refractivity contribution >= 4 is 32.6 Å². The van der Waals surface area contributed by atoms with Gasteiger partial charge in [0, 0.05) is 15.9 Å². The number of nitrogens with one attached hydrogen (secondary N) is 1. The Labute approximate surface area is 160 Å². The van der Waals surface area contributed by atoms with Crippen LogP contribution < -0.4 is 10.9 Å². The van der Waals surface area contributed by atoms with Gasteiger partial charge in [-0.25, -0.2) is 4.68 Å². The van der Waals surface area contributed by atoms with Crippen molar-refractivity contribution in [3.05, 3.63) is 38.7 Å². The number of nitrogens with zero attached hydrogens (tertiary/aromatic N) is 2. The number of hydrogen-bond donors (Lipinski definition) is 2. The predicted molar refractivity (Wildman–Crippen MR) is 104 cm³/mol. The van der Waals surface area contributed by atoms with E-state index in [1.807, 2.05) is 32.9 Å². The van der Waals surface area contributed by atoms with Crippen LogP contribution in [0.25, 0.3) is 10.8 Å². The first-order chi connectivity index (χ1) is 12.2. The smallest absolute Gasteiger partial charge is 0.275 e. The molecule has 1 fully saturated rings. The maximum atomic E-state index is 12.7. The van der Waals surface area contributed by atoms with Crippen molar-refractivity contribution in [1.82, 2.24) is 15.1 Å². The largest absolute Gasteiger partial charge is 0.390 e. The summed E-state index contributed by atoms with van der Waals surface area (Å²) >= 11 is 3.43. The first-order valence-electron chi connectivity index (χ1n) is 8.94. The Balaban J connectivity index is 1.84. The molecule has 0 bridgehead atoms. The van der Waals surface area contributed by atoms with Crippen LogP contribution >= 0.6 is 15.9 Å². The van der Waals surface area contributed by atoms with E-state index in [-0.39, 0.29) is 30.0 Å². The summed E-state index contributed by atoms with van der Waals surface area (Å²) < 4.78 is 2.13. The summed E-state index contributed by atoms with van der Waals surface area (Å²) in [6, 6.07) is 5.43. The van der Waals surface area contributed by atoms with Crippen molar-refractivity contribution in [1.29, 1.82) is 0 Å². The van der Waals surface area contributed by atoms with Gasteiger partial charge in [-0.2, -0.15) is 5.10 Å². The van der Waals surface area contributed by atoms with Gasteiger partial charge in [-0.05, 0) is 43.4 Å². The maximum Gasteiger partial charge on any atom is 0.275 e. The van der Waals surface area contributed by atoms with Crippen LogP contribution in [0.15, 0.2) is 27.5 Å². The minimum atomic E-state index is -0.659. The summed E-state index contributed by atoms with van der Waals surface area (Å²) in [7, 11) is 0. The Morgan fingerprint density at radius 1 is 1.42 bits per heavy atom. The highest BCUT2D eigenvalue weighted by atomic mass is 79.9. The summed E-state index contributed by atoms with van der Waals surface area (Å²) in [5.74, 6) is -0.137. The molecular formula is C19H24BrN3O3. The predicted octanol–water partition coefficient (Wildman–Crippen LogP) is 2.70. The fraction of sp³-hybridized carbons (Fsp3) is 0.526. The molecule has 0 saturated heterocycles. The van der Waals surface area contributed by atoms with Gasteiger partial charge < -0.3 is 10.4 Å². The van der Waals surface area contributed by atoms with Crippen molar-refractivity contribution in [3.63, 3.8) is 0 Å². The van der Waals surface area contributed by atoms with Crippen molar-refractivity contribution in [2.45, 2.75) is 64.1 Å². The molecule has 1 saturated carbocycles. The maximum absolute atomic E-state index is 12.7. The molecule has 7 heteroatoms. The van der Waals surface area contributed by atoms with Crippen LogP contribution in [0, 0.1) is 0 Å². The number of carbonyl (C=O) groups is 1. The lowest BCUT2D eigenvalue weighted by Gasteiger charge is -2.43. The number of aliphatic hydroxyl groups is 1. The van der Waals surface area contributed by atoms with E-state index in [1.165, 1.54) is 4.68 Å². The van der Waals surface area contributed by atoms with Crippen LogP contribution in [-0.4, -0.2) is 32.4 Å². The molecule has 1 aliphatic rings. The molecule has 0 spiro atoms. The third-order valence-corrected chi connectivity index (χ3v) is 5.56. The van der Waals surface area contributed by atoms with E-state index in [0.29, 0.717) is 24.6 Å². The number of rotatable bonds is 5. The summed E-state index contributed by atoms with van der Waals surface area (Å²) in [5, 5.41) is 18.8. The normalized spacial score (nSPS) is 22.5. The molecule has 0 unspecified atom stereocenters. The van der Waals surface area contributed by atoms with Crippen LogP contribution in [0.2, 0.25) is 0 Å². The van der Waals surface area contributed by atoms with E-state index < -0.39 is 5.60 Å². The Hall–Kier alpha value is -1.73. The standard InChI is InChI=1S/C19H24BrN3O3/c1-4-19(26)8-13(9-19)21-16(24)10-23-18(25)14-6-5-12(20)7-15(14)17(22-23)11(2)3/h5-7,11,13,26H,4,8-10H2,1-3H3,(H,21,24)/t13-,19+. The van der Waals surface area contributed by atoms with E-state index in [1.54, 1.807) is 6.07 Å². The summed E-state index contributed by atoms with van der Waals surface area (Å²) in [4.78, 5) is 25.1. The molecule has 1 aliphatic carbocycles. The Morgan fingerprint density at radius 2 is 2.12 bits per heavy atom. The van der Waals surface area contributed by atoms with Gasteiger partial charge in [-0.15, -0.1) is 0 Å². The molecule has 1 amide bonds.